The molecule has 1 aliphatic heterocycles. The maximum atomic E-state index is 12.5. The molecule has 106 valence electrons. The molecular weight excluding hydrogens is 280 g/mol. The average Bonchev–Trinajstić information content (AvgIpc) is 2.91. The summed E-state index contributed by atoms with van der Waals surface area (Å²) in [7, 11) is 1.91. The van der Waals surface area contributed by atoms with E-state index in [1.807, 2.05) is 37.3 Å². The Morgan fingerprint density at radius 1 is 1.47 bits per heavy atom. The number of hydrogen-bond donors (Lipinski definition) is 1. The van der Waals surface area contributed by atoms with Gasteiger partial charge in [0.25, 0.3) is 5.91 Å². The van der Waals surface area contributed by atoms with Crippen molar-refractivity contribution in [2.24, 2.45) is 0 Å². The number of nitrogens with one attached hydrogen (secondary N) is 1. The predicted octanol–water partition coefficient (Wildman–Crippen LogP) is 2.57. The summed E-state index contributed by atoms with van der Waals surface area (Å²) in [6.07, 6.45) is 3.08. The lowest BCUT2D eigenvalue weighted by Gasteiger charge is -2.24. The Morgan fingerprint density at radius 3 is 2.79 bits per heavy atom. The molecule has 3 nitrogen and oxygen atoms in total. The average molecular weight is 301 g/mol. The standard InChI is InChI=1S/C14H20N2OS.ClH/c1-10-4-5-12(18-3)8-13(10)14(17)16(2)11-6-7-15-9-11;/h4-5,8,11,15H,6-7,9H2,1-3H3;1H. The van der Waals surface area contributed by atoms with Crippen molar-refractivity contribution in [2.45, 2.75) is 24.3 Å². The molecule has 0 bridgehead atoms. The first-order chi connectivity index (χ1) is 8.63. The molecule has 1 amide bonds. The van der Waals surface area contributed by atoms with Crippen molar-refractivity contribution in [1.29, 1.82) is 0 Å². The molecule has 1 aromatic carbocycles. The van der Waals surface area contributed by atoms with Crippen molar-refractivity contribution in [3.05, 3.63) is 29.3 Å². The number of carbonyl (C=O) groups is 1. The van der Waals surface area contributed by atoms with Crippen LogP contribution in [0.3, 0.4) is 0 Å². The van der Waals surface area contributed by atoms with Gasteiger partial charge < -0.3 is 10.2 Å². The third-order valence-electron chi connectivity index (χ3n) is 3.58. The molecule has 2 rings (SSSR count). The molecule has 0 aliphatic carbocycles. The molecule has 1 saturated heterocycles. The molecule has 1 aromatic rings. The van der Waals surface area contributed by atoms with Crippen molar-refractivity contribution < 1.29 is 4.79 Å². The molecule has 1 N–H and O–H groups in total. The monoisotopic (exact) mass is 300 g/mol. The molecule has 0 spiro atoms. The fourth-order valence-electron chi connectivity index (χ4n) is 2.28. The summed E-state index contributed by atoms with van der Waals surface area (Å²) in [6, 6.07) is 6.42. The zero-order chi connectivity index (χ0) is 13.1. The van der Waals surface area contributed by atoms with Crippen LogP contribution >= 0.6 is 24.2 Å². The van der Waals surface area contributed by atoms with Crippen molar-refractivity contribution in [3.8, 4) is 0 Å². The first-order valence-electron chi connectivity index (χ1n) is 6.26. The van der Waals surface area contributed by atoms with E-state index in [0.717, 1.165) is 35.5 Å². The SMILES string of the molecule is CSc1ccc(C)c(C(=O)N(C)C2CCNC2)c1.Cl. The molecule has 0 saturated carbocycles. The Hall–Kier alpha value is -0.710. The van der Waals surface area contributed by atoms with Crippen LogP contribution in [0.5, 0.6) is 0 Å². The molecule has 0 aromatic heterocycles. The first kappa shape index (κ1) is 16.3. The highest BCUT2D eigenvalue weighted by Gasteiger charge is 2.24. The summed E-state index contributed by atoms with van der Waals surface area (Å²) >= 11 is 1.67. The van der Waals surface area contributed by atoms with Gasteiger partial charge in [0.15, 0.2) is 0 Å². The number of aryl methyl sites for hydroxylation is 1. The van der Waals surface area contributed by atoms with Crippen molar-refractivity contribution in [1.82, 2.24) is 10.2 Å². The zero-order valence-corrected chi connectivity index (χ0v) is 13.2. The van der Waals surface area contributed by atoms with E-state index in [1.54, 1.807) is 11.8 Å². The van der Waals surface area contributed by atoms with Gasteiger partial charge in [0.1, 0.15) is 0 Å². The Balaban J connectivity index is 0.00000180. The second-order valence-corrected chi connectivity index (χ2v) is 5.62. The van der Waals surface area contributed by atoms with Gasteiger partial charge in [-0.25, -0.2) is 0 Å². The van der Waals surface area contributed by atoms with E-state index in [0.29, 0.717) is 6.04 Å². The summed E-state index contributed by atoms with van der Waals surface area (Å²) in [5.41, 5.74) is 1.88. The van der Waals surface area contributed by atoms with Crippen molar-refractivity contribution >= 4 is 30.1 Å². The summed E-state index contributed by atoms with van der Waals surface area (Å²) in [6.45, 7) is 3.91. The summed E-state index contributed by atoms with van der Waals surface area (Å²) in [4.78, 5) is 15.5. The molecule has 5 heteroatoms. The number of benzene rings is 1. The van der Waals surface area contributed by atoms with Crippen LogP contribution in [0.2, 0.25) is 0 Å². The Morgan fingerprint density at radius 2 is 2.21 bits per heavy atom. The minimum atomic E-state index is 0. The fourth-order valence-corrected chi connectivity index (χ4v) is 2.72. The summed E-state index contributed by atoms with van der Waals surface area (Å²) < 4.78 is 0. The van der Waals surface area contributed by atoms with Crippen LogP contribution in [0.15, 0.2) is 23.1 Å². The van der Waals surface area contributed by atoms with E-state index < -0.39 is 0 Å². The number of amides is 1. The smallest absolute Gasteiger partial charge is 0.254 e. The van der Waals surface area contributed by atoms with Gasteiger partial charge in [-0.2, -0.15) is 0 Å². The number of thioether (sulfide) groups is 1. The van der Waals surface area contributed by atoms with Crippen LogP contribution in [-0.2, 0) is 0 Å². The van der Waals surface area contributed by atoms with E-state index in [2.05, 4.69) is 11.4 Å². The van der Waals surface area contributed by atoms with Crippen LogP contribution in [0, 0.1) is 6.92 Å². The Bertz CT molecular complexity index is 447. The van der Waals surface area contributed by atoms with Gasteiger partial charge in [-0.15, -0.1) is 24.2 Å². The molecular formula is C14H21ClN2OS. The highest BCUT2D eigenvalue weighted by molar-refractivity contribution is 7.98. The largest absolute Gasteiger partial charge is 0.337 e. The van der Waals surface area contributed by atoms with Crippen LogP contribution < -0.4 is 5.32 Å². The third kappa shape index (κ3) is 3.65. The number of hydrogen-bond acceptors (Lipinski definition) is 3. The predicted molar refractivity (Wildman–Crippen MR) is 83.6 cm³/mol. The van der Waals surface area contributed by atoms with Gasteiger partial charge in [-0.1, -0.05) is 6.07 Å². The van der Waals surface area contributed by atoms with Gasteiger partial charge in [0.2, 0.25) is 0 Å². The maximum absolute atomic E-state index is 12.5. The third-order valence-corrected chi connectivity index (χ3v) is 4.30. The first-order valence-corrected chi connectivity index (χ1v) is 7.48. The van der Waals surface area contributed by atoms with Crippen molar-refractivity contribution in [3.63, 3.8) is 0 Å². The minimum Gasteiger partial charge on any atom is -0.337 e. The van der Waals surface area contributed by atoms with E-state index >= 15 is 0 Å². The van der Waals surface area contributed by atoms with Crippen LogP contribution in [0.25, 0.3) is 0 Å². The second-order valence-electron chi connectivity index (χ2n) is 4.74. The van der Waals surface area contributed by atoms with Gasteiger partial charge in [-0.3, -0.25) is 4.79 Å². The van der Waals surface area contributed by atoms with Gasteiger partial charge >= 0.3 is 0 Å². The summed E-state index contributed by atoms with van der Waals surface area (Å²) in [5, 5.41) is 3.30. The van der Waals surface area contributed by atoms with E-state index in [-0.39, 0.29) is 18.3 Å². The number of rotatable bonds is 3. The molecule has 1 heterocycles. The molecule has 19 heavy (non-hydrogen) atoms. The van der Waals surface area contributed by atoms with E-state index in [1.165, 1.54) is 0 Å². The number of carbonyl (C=O) groups excluding carboxylic acids is 1. The molecule has 1 fully saturated rings. The quantitative estimate of drug-likeness (QED) is 0.871. The topological polar surface area (TPSA) is 32.3 Å². The molecule has 1 aliphatic rings. The molecule has 0 radical (unpaired) electrons. The molecule has 1 unspecified atom stereocenters. The van der Waals surface area contributed by atoms with Gasteiger partial charge in [-0.05, 0) is 43.8 Å². The lowest BCUT2D eigenvalue weighted by atomic mass is 10.1. The fraction of sp³-hybridized carbons (Fsp3) is 0.500. The van der Waals surface area contributed by atoms with E-state index in [9.17, 15) is 4.79 Å². The zero-order valence-electron chi connectivity index (χ0n) is 11.6. The Labute approximate surface area is 125 Å². The minimum absolute atomic E-state index is 0. The van der Waals surface area contributed by atoms with E-state index in [4.69, 9.17) is 0 Å². The number of likely N-dealkylation sites (N-methyl/N-ethyl adjacent to an activating group) is 1. The lowest BCUT2D eigenvalue weighted by Crippen LogP contribution is -2.38. The van der Waals surface area contributed by atoms with Crippen LogP contribution in [0.4, 0.5) is 0 Å². The summed E-state index contributed by atoms with van der Waals surface area (Å²) in [5.74, 6) is 0.136. The highest BCUT2D eigenvalue weighted by atomic mass is 35.5. The number of nitrogens with zero attached hydrogens (tertiary/aromatic N) is 1. The normalized spacial score (nSPS) is 17.9. The maximum Gasteiger partial charge on any atom is 0.254 e. The number of halogens is 1. The van der Waals surface area contributed by atoms with Crippen LogP contribution in [-0.4, -0.2) is 43.2 Å². The molecule has 1 atom stereocenters. The Kier molecular flexibility index (Phi) is 6.17. The second kappa shape index (κ2) is 7.17. The van der Waals surface area contributed by atoms with Crippen LogP contribution in [0.1, 0.15) is 22.3 Å². The van der Waals surface area contributed by atoms with Gasteiger partial charge in [0.05, 0.1) is 0 Å². The highest BCUT2D eigenvalue weighted by Crippen LogP contribution is 2.21. The van der Waals surface area contributed by atoms with Gasteiger partial charge in [0, 0.05) is 30.1 Å². The van der Waals surface area contributed by atoms with Crippen molar-refractivity contribution in [2.75, 3.05) is 26.4 Å². The lowest BCUT2D eigenvalue weighted by molar-refractivity contribution is 0.0743.